The van der Waals surface area contributed by atoms with Crippen LogP contribution in [0.5, 0.6) is 0 Å². The Morgan fingerprint density at radius 2 is 1.91 bits per heavy atom. The van der Waals surface area contributed by atoms with Crippen molar-refractivity contribution < 1.29 is 4.79 Å². The van der Waals surface area contributed by atoms with Crippen LogP contribution in [0.25, 0.3) is 0 Å². The maximum absolute atomic E-state index is 12.3. The van der Waals surface area contributed by atoms with Gasteiger partial charge >= 0.3 is 0 Å². The summed E-state index contributed by atoms with van der Waals surface area (Å²) in [5, 5.41) is 2.96. The van der Waals surface area contributed by atoms with Crippen LogP contribution < -0.4 is 5.32 Å². The van der Waals surface area contributed by atoms with Crippen molar-refractivity contribution in [2.75, 3.05) is 0 Å². The molecule has 2 rings (SSSR count). The number of benzene rings is 1. The molecular weight excluding hydrogens is 274 g/mol. The Hall–Kier alpha value is -2.23. The van der Waals surface area contributed by atoms with Crippen LogP contribution in [-0.2, 0) is 12.0 Å². The molecule has 0 atom stereocenters. The maximum Gasteiger partial charge on any atom is 0.251 e. The number of carbonyl (C=O) groups is 1. The second-order valence-electron chi connectivity index (χ2n) is 6.63. The largest absolute Gasteiger partial charge is 0.348 e. The smallest absolute Gasteiger partial charge is 0.251 e. The van der Waals surface area contributed by atoms with Crippen molar-refractivity contribution in [1.82, 2.24) is 15.3 Å². The third-order valence-corrected chi connectivity index (χ3v) is 3.71. The van der Waals surface area contributed by atoms with Crippen LogP contribution in [0.4, 0.5) is 0 Å². The molecule has 4 nitrogen and oxygen atoms in total. The molecule has 0 saturated heterocycles. The molecular formula is C18H23N3O. The van der Waals surface area contributed by atoms with E-state index in [0.717, 1.165) is 16.8 Å². The number of hydrogen-bond donors (Lipinski definition) is 1. The fourth-order valence-corrected chi connectivity index (χ4v) is 2.32. The zero-order chi connectivity index (χ0) is 16.3. The molecule has 4 heteroatoms. The van der Waals surface area contributed by atoms with E-state index in [1.807, 2.05) is 32.0 Å². The number of hydrogen-bond acceptors (Lipinski definition) is 3. The first-order valence-electron chi connectivity index (χ1n) is 7.44. The Kier molecular flexibility index (Phi) is 4.59. The van der Waals surface area contributed by atoms with Gasteiger partial charge in [-0.2, -0.15) is 0 Å². The lowest BCUT2D eigenvalue weighted by molar-refractivity contribution is 0.0950. The molecule has 1 aromatic heterocycles. The normalized spacial score (nSPS) is 11.3. The van der Waals surface area contributed by atoms with Crippen molar-refractivity contribution in [1.29, 1.82) is 0 Å². The number of carbonyl (C=O) groups excluding carboxylic acids is 1. The first-order valence-corrected chi connectivity index (χ1v) is 7.44. The van der Waals surface area contributed by atoms with E-state index in [0.29, 0.717) is 12.1 Å². The summed E-state index contributed by atoms with van der Waals surface area (Å²) in [5.74, 6) is -0.0770. The lowest BCUT2D eigenvalue weighted by Crippen LogP contribution is -2.26. The third kappa shape index (κ3) is 3.70. The summed E-state index contributed by atoms with van der Waals surface area (Å²) < 4.78 is 0. The van der Waals surface area contributed by atoms with Crippen LogP contribution in [0.1, 0.15) is 53.5 Å². The zero-order valence-corrected chi connectivity index (χ0v) is 13.9. The van der Waals surface area contributed by atoms with Gasteiger partial charge in [-0.1, -0.05) is 26.8 Å². The van der Waals surface area contributed by atoms with E-state index in [4.69, 9.17) is 0 Å². The van der Waals surface area contributed by atoms with Crippen LogP contribution in [0.2, 0.25) is 0 Å². The fraction of sp³-hybridized carbons (Fsp3) is 0.389. The van der Waals surface area contributed by atoms with E-state index in [2.05, 4.69) is 36.1 Å². The monoisotopic (exact) mass is 297 g/mol. The Bertz CT molecular complexity index is 687. The van der Waals surface area contributed by atoms with Crippen molar-refractivity contribution in [3.8, 4) is 0 Å². The van der Waals surface area contributed by atoms with Crippen molar-refractivity contribution >= 4 is 5.91 Å². The third-order valence-electron chi connectivity index (χ3n) is 3.71. The standard InChI is InChI=1S/C18H23N3O/c1-12-6-7-14(8-13(12)2)17(22)20-10-15-9-19-11-21-16(15)18(3,4)5/h6-9,11H,10H2,1-5H3,(H,20,22). The molecule has 0 spiro atoms. The molecule has 0 aliphatic heterocycles. The summed E-state index contributed by atoms with van der Waals surface area (Å²) in [7, 11) is 0. The van der Waals surface area contributed by atoms with Gasteiger partial charge in [0, 0.05) is 29.3 Å². The lowest BCUT2D eigenvalue weighted by Gasteiger charge is -2.21. The number of rotatable bonds is 3. The van der Waals surface area contributed by atoms with Crippen LogP contribution >= 0.6 is 0 Å². The van der Waals surface area contributed by atoms with Gasteiger partial charge in [-0.25, -0.2) is 9.97 Å². The Balaban J connectivity index is 2.13. The number of amides is 1. The minimum atomic E-state index is -0.0799. The van der Waals surface area contributed by atoms with Crippen LogP contribution in [0, 0.1) is 13.8 Å². The summed E-state index contributed by atoms with van der Waals surface area (Å²) in [6.45, 7) is 10.8. The molecule has 0 fully saturated rings. The van der Waals surface area contributed by atoms with Gasteiger partial charge in [0.1, 0.15) is 6.33 Å². The maximum atomic E-state index is 12.3. The zero-order valence-electron chi connectivity index (χ0n) is 13.9. The first-order chi connectivity index (χ1) is 10.3. The average Bonchev–Trinajstić information content (AvgIpc) is 2.47. The SMILES string of the molecule is Cc1ccc(C(=O)NCc2cncnc2C(C)(C)C)cc1C. The molecule has 1 heterocycles. The van der Waals surface area contributed by atoms with Crippen molar-refractivity contribution in [3.63, 3.8) is 0 Å². The van der Waals surface area contributed by atoms with Gasteiger partial charge < -0.3 is 5.32 Å². The summed E-state index contributed by atoms with van der Waals surface area (Å²) >= 11 is 0. The fourth-order valence-electron chi connectivity index (χ4n) is 2.32. The minimum absolute atomic E-state index is 0.0770. The van der Waals surface area contributed by atoms with E-state index in [-0.39, 0.29) is 11.3 Å². The van der Waals surface area contributed by atoms with E-state index in [1.165, 1.54) is 5.56 Å². The van der Waals surface area contributed by atoms with Crippen LogP contribution in [0.3, 0.4) is 0 Å². The van der Waals surface area contributed by atoms with Crippen molar-refractivity contribution in [3.05, 3.63) is 58.7 Å². The van der Waals surface area contributed by atoms with Gasteiger partial charge in [0.2, 0.25) is 0 Å². The van der Waals surface area contributed by atoms with Crippen molar-refractivity contribution in [2.24, 2.45) is 0 Å². The predicted molar refractivity (Wildman–Crippen MR) is 87.8 cm³/mol. The summed E-state index contributed by atoms with van der Waals surface area (Å²) in [4.78, 5) is 20.7. The highest BCUT2D eigenvalue weighted by Gasteiger charge is 2.20. The summed E-state index contributed by atoms with van der Waals surface area (Å²) in [6, 6.07) is 5.73. The van der Waals surface area contributed by atoms with Crippen molar-refractivity contribution in [2.45, 2.75) is 46.6 Å². The molecule has 0 aliphatic rings. The molecule has 2 aromatic rings. The number of aryl methyl sites for hydroxylation is 2. The molecule has 0 unspecified atom stereocenters. The first kappa shape index (κ1) is 16.1. The summed E-state index contributed by atoms with van der Waals surface area (Å²) in [6.07, 6.45) is 3.32. The molecule has 1 aromatic carbocycles. The highest BCUT2D eigenvalue weighted by Crippen LogP contribution is 2.22. The highest BCUT2D eigenvalue weighted by molar-refractivity contribution is 5.94. The van der Waals surface area contributed by atoms with Gasteiger partial charge in [-0.15, -0.1) is 0 Å². The molecule has 1 amide bonds. The molecule has 0 aliphatic carbocycles. The van der Waals surface area contributed by atoms with Crippen LogP contribution in [0.15, 0.2) is 30.7 Å². The quantitative estimate of drug-likeness (QED) is 0.945. The summed E-state index contributed by atoms with van der Waals surface area (Å²) in [5.41, 5.74) is 4.81. The average molecular weight is 297 g/mol. The second kappa shape index (κ2) is 6.26. The molecule has 0 radical (unpaired) electrons. The van der Waals surface area contributed by atoms with Gasteiger partial charge in [-0.05, 0) is 37.1 Å². The number of aromatic nitrogens is 2. The van der Waals surface area contributed by atoms with Gasteiger partial charge in [-0.3, -0.25) is 4.79 Å². The Morgan fingerprint density at radius 3 is 2.55 bits per heavy atom. The lowest BCUT2D eigenvalue weighted by atomic mass is 9.89. The van der Waals surface area contributed by atoms with Crippen LogP contribution in [-0.4, -0.2) is 15.9 Å². The van der Waals surface area contributed by atoms with Gasteiger partial charge in [0.25, 0.3) is 5.91 Å². The predicted octanol–water partition coefficient (Wildman–Crippen LogP) is 3.32. The van der Waals surface area contributed by atoms with Gasteiger partial charge in [0.15, 0.2) is 0 Å². The molecule has 1 N–H and O–H groups in total. The Labute approximate surface area is 132 Å². The number of nitrogens with one attached hydrogen (secondary N) is 1. The van der Waals surface area contributed by atoms with E-state index >= 15 is 0 Å². The molecule has 0 bridgehead atoms. The van der Waals surface area contributed by atoms with E-state index in [9.17, 15) is 4.79 Å². The van der Waals surface area contributed by atoms with E-state index < -0.39 is 0 Å². The van der Waals surface area contributed by atoms with E-state index in [1.54, 1.807) is 12.5 Å². The van der Waals surface area contributed by atoms with Gasteiger partial charge in [0.05, 0.1) is 5.69 Å². The minimum Gasteiger partial charge on any atom is -0.348 e. The molecule has 116 valence electrons. The topological polar surface area (TPSA) is 54.9 Å². The molecule has 0 saturated carbocycles. The number of nitrogens with zero attached hydrogens (tertiary/aromatic N) is 2. The highest BCUT2D eigenvalue weighted by atomic mass is 16.1. The molecule has 22 heavy (non-hydrogen) atoms. The Morgan fingerprint density at radius 1 is 1.18 bits per heavy atom. The second-order valence-corrected chi connectivity index (χ2v) is 6.63.